The van der Waals surface area contributed by atoms with Crippen molar-refractivity contribution < 1.29 is 9.53 Å². The number of amides is 1. The number of aromatic nitrogens is 4. The Labute approximate surface area is 123 Å². The Morgan fingerprint density at radius 1 is 1.57 bits per heavy atom. The summed E-state index contributed by atoms with van der Waals surface area (Å²) in [5, 5.41) is 13.9. The SMILES string of the molecule is CCCc1cc(C(=O)Nc2ccn(C(C)COC)n2)n[nH]1. The summed E-state index contributed by atoms with van der Waals surface area (Å²) in [7, 11) is 1.65. The Morgan fingerprint density at radius 2 is 2.38 bits per heavy atom. The molecule has 0 saturated heterocycles. The van der Waals surface area contributed by atoms with Crippen LogP contribution in [0.3, 0.4) is 0 Å². The molecule has 2 aromatic heterocycles. The molecule has 0 aliphatic rings. The van der Waals surface area contributed by atoms with E-state index in [9.17, 15) is 4.79 Å². The first-order valence-electron chi connectivity index (χ1n) is 7.03. The lowest BCUT2D eigenvalue weighted by Gasteiger charge is -2.10. The number of rotatable bonds is 7. The third kappa shape index (κ3) is 3.91. The second-order valence-corrected chi connectivity index (χ2v) is 4.97. The molecule has 0 saturated carbocycles. The van der Waals surface area contributed by atoms with Crippen LogP contribution in [-0.4, -0.2) is 39.6 Å². The van der Waals surface area contributed by atoms with Gasteiger partial charge < -0.3 is 10.1 Å². The highest BCUT2D eigenvalue weighted by Gasteiger charge is 2.13. The van der Waals surface area contributed by atoms with Gasteiger partial charge >= 0.3 is 0 Å². The summed E-state index contributed by atoms with van der Waals surface area (Å²) in [5.41, 5.74) is 1.33. The van der Waals surface area contributed by atoms with Crippen molar-refractivity contribution in [3.05, 3.63) is 29.7 Å². The van der Waals surface area contributed by atoms with Gasteiger partial charge in [-0.1, -0.05) is 13.3 Å². The van der Waals surface area contributed by atoms with Gasteiger partial charge in [0.05, 0.1) is 12.6 Å². The summed E-state index contributed by atoms with van der Waals surface area (Å²) in [5.74, 6) is 0.237. The van der Waals surface area contributed by atoms with Gasteiger partial charge in [0.15, 0.2) is 11.5 Å². The van der Waals surface area contributed by atoms with E-state index in [0.29, 0.717) is 18.1 Å². The van der Waals surface area contributed by atoms with Crippen molar-refractivity contribution in [3.63, 3.8) is 0 Å². The predicted octanol–water partition coefficient (Wildman–Crippen LogP) is 2.02. The predicted molar refractivity (Wildman–Crippen MR) is 79.3 cm³/mol. The minimum atomic E-state index is -0.266. The standard InChI is InChI=1S/C14H21N5O2/c1-4-5-11-8-12(17-16-11)14(20)15-13-6-7-19(18-13)10(2)9-21-3/h6-8,10H,4-5,9H2,1-3H3,(H,16,17)(H,15,18,20). The molecule has 1 amide bonds. The molecule has 1 atom stereocenters. The van der Waals surface area contributed by atoms with Gasteiger partial charge in [-0.05, 0) is 19.4 Å². The number of H-pyrrole nitrogens is 1. The molecule has 0 aliphatic heterocycles. The van der Waals surface area contributed by atoms with Gasteiger partial charge in [-0.3, -0.25) is 14.6 Å². The van der Waals surface area contributed by atoms with E-state index in [0.717, 1.165) is 18.5 Å². The summed E-state index contributed by atoms with van der Waals surface area (Å²) >= 11 is 0. The molecule has 7 heteroatoms. The van der Waals surface area contributed by atoms with Crippen molar-refractivity contribution in [2.45, 2.75) is 32.7 Å². The van der Waals surface area contributed by atoms with Gasteiger partial charge in [-0.2, -0.15) is 10.2 Å². The molecule has 2 aromatic rings. The van der Waals surface area contributed by atoms with Crippen molar-refractivity contribution >= 4 is 11.7 Å². The van der Waals surface area contributed by atoms with E-state index >= 15 is 0 Å². The summed E-state index contributed by atoms with van der Waals surface area (Å²) in [6.07, 6.45) is 3.70. The average Bonchev–Trinajstić information content (AvgIpc) is 3.09. The van der Waals surface area contributed by atoms with Crippen LogP contribution in [-0.2, 0) is 11.2 Å². The average molecular weight is 291 g/mol. The number of carbonyl (C=O) groups is 1. The van der Waals surface area contributed by atoms with Crippen LogP contribution in [0.15, 0.2) is 18.3 Å². The summed E-state index contributed by atoms with van der Waals surface area (Å²) in [4.78, 5) is 12.1. The molecular weight excluding hydrogens is 270 g/mol. The number of ether oxygens (including phenoxy) is 1. The van der Waals surface area contributed by atoms with Gasteiger partial charge in [-0.25, -0.2) is 0 Å². The second-order valence-electron chi connectivity index (χ2n) is 4.97. The van der Waals surface area contributed by atoms with Crippen LogP contribution in [0.5, 0.6) is 0 Å². The van der Waals surface area contributed by atoms with E-state index in [2.05, 4.69) is 27.5 Å². The fourth-order valence-corrected chi connectivity index (χ4v) is 2.02. The number of hydrogen-bond acceptors (Lipinski definition) is 4. The Bertz CT molecular complexity index is 590. The molecule has 0 fully saturated rings. The normalized spacial score (nSPS) is 12.3. The lowest BCUT2D eigenvalue weighted by Crippen LogP contribution is -2.15. The van der Waals surface area contributed by atoms with Gasteiger partial charge in [0.25, 0.3) is 5.91 Å². The lowest BCUT2D eigenvalue weighted by atomic mass is 10.2. The van der Waals surface area contributed by atoms with Crippen molar-refractivity contribution in [2.75, 3.05) is 19.0 Å². The number of aryl methyl sites for hydroxylation is 1. The fraction of sp³-hybridized carbons (Fsp3) is 0.500. The van der Waals surface area contributed by atoms with E-state index in [4.69, 9.17) is 4.74 Å². The number of methoxy groups -OCH3 is 1. The largest absolute Gasteiger partial charge is 0.382 e. The quantitative estimate of drug-likeness (QED) is 0.817. The fourth-order valence-electron chi connectivity index (χ4n) is 2.02. The van der Waals surface area contributed by atoms with Gasteiger partial charge in [-0.15, -0.1) is 0 Å². The van der Waals surface area contributed by atoms with Gasteiger partial charge in [0, 0.05) is 25.1 Å². The molecule has 2 heterocycles. The molecule has 0 aliphatic carbocycles. The first-order chi connectivity index (χ1) is 10.1. The van der Waals surface area contributed by atoms with Crippen LogP contribution in [0.4, 0.5) is 5.82 Å². The summed E-state index contributed by atoms with van der Waals surface area (Å²) in [6.45, 7) is 4.63. The van der Waals surface area contributed by atoms with E-state index in [1.807, 2.05) is 13.1 Å². The van der Waals surface area contributed by atoms with Gasteiger partial charge in [0.1, 0.15) is 0 Å². The number of nitrogens with one attached hydrogen (secondary N) is 2. The molecule has 2 N–H and O–H groups in total. The van der Waals surface area contributed by atoms with Crippen molar-refractivity contribution in [3.8, 4) is 0 Å². The summed E-state index contributed by atoms with van der Waals surface area (Å²) in [6, 6.07) is 3.63. The molecule has 7 nitrogen and oxygen atoms in total. The molecule has 21 heavy (non-hydrogen) atoms. The highest BCUT2D eigenvalue weighted by atomic mass is 16.5. The Hall–Kier alpha value is -2.15. The Kier molecular flexibility index (Phi) is 5.10. The van der Waals surface area contributed by atoms with Crippen LogP contribution in [0.2, 0.25) is 0 Å². The van der Waals surface area contributed by atoms with Crippen LogP contribution in [0.1, 0.15) is 42.5 Å². The first-order valence-corrected chi connectivity index (χ1v) is 7.03. The van der Waals surface area contributed by atoms with Crippen LogP contribution in [0, 0.1) is 0 Å². The molecule has 2 rings (SSSR count). The third-order valence-electron chi connectivity index (χ3n) is 3.09. The molecule has 114 valence electrons. The Morgan fingerprint density at radius 3 is 3.10 bits per heavy atom. The first kappa shape index (κ1) is 15.2. The van der Waals surface area contributed by atoms with Crippen molar-refractivity contribution in [1.82, 2.24) is 20.0 Å². The molecule has 0 aromatic carbocycles. The molecule has 0 bridgehead atoms. The van der Waals surface area contributed by atoms with Crippen molar-refractivity contribution in [2.24, 2.45) is 0 Å². The van der Waals surface area contributed by atoms with Crippen molar-refractivity contribution in [1.29, 1.82) is 0 Å². The number of nitrogens with zero attached hydrogens (tertiary/aromatic N) is 3. The highest BCUT2D eigenvalue weighted by Crippen LogP contribution is 2.11. The highest BCUT2D eigenvalue weighted by molar-refractivity contribution is 6.02. The molecule has 1 unspecified atom stereocenters. The maximum atomic E-state index is 12.1. The minimum Gasteiger partial charge on any atom is -0.382 e. The monoisotopic (exact) mass is 291 g/mol. The molecule has 0 radical (unpaired) electrons. The molecular formula is C14H21N5O2. The number of aromatic amines is 1. The lowest BCUT2D eigenvalue weighted by molar-refractivity contribution is 0.102. The second kappa shape index (κ2) is 7.03. The number of hydrogen-bond donors (Lipinski definition) is 2. The smallest absolute Gasteiger partial charge is 0.277 e. The minimum absolute atomic E-state index is 0.113. The molecule has 0 spiro atoms. The van der Waals surface area contributed by atoms with Crippen LogP contribution in [0.25, 0.3) is 0 Å². The third-order valence-corrected chi connectivity index (χ3v) is 3.09. The van der Waals surface area contributed by atoms with Gasteiger partial charge in [0.2, 0.25) is 0 Å². The Balaban J connectivity index is 1.98. The number of carbonyl (C=O) groups excluding carboxylic acids is 1. The van der Waals surface area contributed by atoms with E-state index in [1.165, 1.54) is 0 Å². The zero-order chi connectivity index (χ0) is 15.2. The topological polar surface area (TPSA) is 84.8 Å². The maximum absolute atomic E-state index is 12.1. The zero-order valence-electron chi connectivity index (χ0n) is 12.6. The van der Waals surface area contributed by atoms with E-state index in [-0.39, 0.29) is 11.9 Å². The maximum Gasteiger partial charge on any atom is 0.277 e. The number of anilines is 1. The zero-order valence-corrected chi connectivity index (χ0v) is 12.6. The summed E-state index contributed by atoms with van der Waals surface area (Å²) < 4.78 is 6.84. The van der Waals surface area contributed by atoms with E-state index in [1.54, 1.807) is 23.9 Å². The van der Waals surface area contributed by atoms with Crippen LogP contribution < -0.4 is 5.32 Å². The van der Waals surface area contributed by atoms with E-state index < -0.39 is 0 Å². The van der Waals surface area contributed by atoms with Crippen LogP contribution >= 0.6 is 0 Å².